The first kappa shape index (κ1) is 16.0. The highest BCUT2D eigenvalue weighted by Gasteiger charge is 2.34. The highest BCUT2D eigenvalue weighted by Crippen LogP contribution is 2.31. The third-order valence-corrected chi connectivity index (χ3v) is 5.77. The molecule has 1 N–H and O–H groups in total. The highest BCUT2D eigenvalue weighted by atomic mass is 32.2. The first-order chi connectivity index (χ1) is 9.47. The summed E-state index contributed by atoms with van der Waals surface area (Å²) >= 11 is 3.78. The maximum absolute atomic E-state index is 13.1. The van der Waals surface area contributed by atoms with Crippen molar-refractivity contribution < 1.29 is 17.6 Å². The molecule has 7 heteroatoms. The van der Waals surface area contributed by atoms with Gasteiger partial charge >= 0.3 is 6.18 Å². The number of alkyl halides is 3. The fourth-order valence-corrected chi connectivity index (χ4v) is 4.58. The second-order valence-electron chi connectivity index (χ2n) is 4.51. The Kier molecular flexibility index (Phi) is 5.63. The van der Waals surface area contributed by atoms with Gasteiger partial charge in [-0.2, -0.15) is 36.7 Å². The summed E-state index contributed by atoms with van der Waals surface area (Å²) < 4.78 is 50.9. The first-order valence-corrected chi connectivity index (χ1v) is 8.43. The van der Waals surface area contributed by atoms with Gasteiger partial charge in [-0.25, -0.2) is 4.39 Å². The maximum atomic E-state index is 13.1. The van der Waals surface area contributed by atoms with Crippen molar-refractivity contribution in [1.29, 1.82) is 0 Å². The number of thioether (sulfide) groups is 2. The van der Waals surface area contributed by atoms with Gasteiger partial charge in [0.25, 0.3) is 0 Å². The summed E-state index contributed by atoms with van der Waals surface area (Å²) in [4.78, 5) is 0. The smallest absolute Gasteiger partial charge is 0.312 e. The second-order valence-corrected chi connectivity index (χ2v) is 7.07. The standard InChI is InChI=1S/C13H15F4NS2/c14-12-2-1-9(5-11(12)13(15,16)17)6-18-7-10-8-19-3-4-20-10/h1-2,5,10,18H,3-4,6-8H2. The van der Waals surface area contributed by atoms with Crippen LogP contribution >= 0.6 is 23.5 Å². The number of hydrogen-bond donors (Lipinski definition) is 1. The van der Waals surface area contributed by atoms with Crippen molar-refractivity contribution in [3.05, 3.63) is 35.1 Å². The van der Waals surface area contributed by atoms with Gasteiger partial charge < -0.3 is 5.32 Å². The average molecular weight is 325 g/mol. The molecule has 0 saturated carbocycles. The van der Waals surface area contributed by atoms with Gasteiger partial charge in [0, 0.05) is 35.6 Å². The van der Waals surface area contributed by atoms with E-state index in [9.17, 15) is 17.6 Å². The number of halogens is 4. The predicted molar refractivity (Wildman–Crippen MR) is 76.7 cm³/mol. The Morgan fingerprint density at radius 1 is 1.25 bits per heavy atom. The van der Waals surface area contributed by atoms with E-state index in [4.69, 9.17) is 0 Å². The number of rotatable bonds is 4. The minimum atomic E-state index is -4.64. The molecule has 1 aromatic rings. The normalized spacial score (nSPS) is 20.1. The quantitative estimate of drug-likeness (QED) is 0.846. The molecule has 112 valence electrons. The van der Waals surface area contributed by atoms with Crippen LogP contribution < -0.4 is 5.32 Å². The van der Waals surface area contributed by atoms with Crippen LogP contribution in [0.25, 0.3) is 0 Å². The largest absolute Gasteiger partial charge is 0.419 e. The molecule has 20 heavy (non-hydrogen) atoms. The van der Waals surface area contributed by atoms with E-state index in [1.165, 1.54) is 6.07 Å². The molecule has 0 amide bonds. The molecule has 0 aliphatic carbocycles. The highest BCUT2D eigenvalue weighted by molar-refractivity contribution is 8.06. The molecule has 1 unspecified atom stereocenters. The summed E-state index contributed by atoms with van der Waals surface area (Å²) in [6, 6.07) is 3.15. The van der Waals surface area contributed by atoms with Crippen molar-refractivity contribution in [1.82, 2.24) is 5.32 Å². The zero-order valence-electron chi connectivity index (χ0n) is 10.7. The minimum absolute atomic E-state index is 0.324. The molecule has 1 nitrogen and oxygen atoms in total. The van der Waals surface area contributed by atoms with E-state index < -0.39 is 17.6 Å². The lowest BCUT2D eigenvalue weighted by Crippen LogP contribution is -2.28. The molecule has 1 saturated heterocycles. The van der Waals surface area contributed by atoms with Gasteiger partial charge in [-0.15, -0.1) is 0 Å². The zero-order valence-corrected chi connectivity index (χ0v) is 12.3. The SMILES string of the molecule is Fc1ccc(CNCC2CSCCS2)cc1C(F)(F)F. The zero-order chi connectivity index (χ0) is 14.6. The van der Waals surface area contributed by atoms with Crippen LogP contribution in [0.15, 0.2) is 18.2 Å². The maximum Gasteiger partial charge on any atom is 0.419 e. The molecule has 1 aromatic carbocycles. The van der Waals surface area contributed by atoms with Crippen molar-refractivity contribution in [3.63, 3.8) is 0 Å². The number of benzene rings is 1. The van der Waals surface area contributed by atoms with Crippen LogP contribution in [0.4, 0.5) is 17.6 Å². The van der Waals surface area contributed by atoms with Gasteiger partial charge in [0.05, 0.1) is 5.56 Å². The molecular formula is C13H15F4NS2. The van der Waals surface area contributed by atoms with Gasteiger partial charge in [-0.3, -0.25) is 0 Å². The predicted octanol–water partition coefficient (Wildman–Crippen LogP) is 3.78. The first-order valence-electron chi connectivity index (χ1n) is 6.22. The molecule has 2 rings (SSSR count). The topological polar surface area (TPSA) is 12.0 Å². The van der Waals surface area contributed by atoms with Crippen molar-refractivity contribution in [3.8, 4) is 0 Å². The molecule has 1 fully saturated rings. The third kappa shape index (κ3) is 4.56. The van der Waals surface area contributed by atoms with Crippen LogP contribution in [-0.4, -0.2) is 29.1 Å². The molecule has 0 bridgehead atoms. The van der Waals surface area contributed by atoms with Crippen LogP contribution in [0, 0.1) is 5.82 Å². The van der Waals surface area contributed by atoms with Crippen LogP contribution in [0.2, 0.25) is 0 Å². The van der Waals surface area contributed by atoms with E-state index >= 15 is 0 Å². The van der Waals surface area contributed by atoms with Gasteiger partial charge in [-0.1, -0.05) is 6.07 Å². The minimum Gasteiger partial charge on any atom is -0.312 e. The third-order valence-electron chi connectivity index (χ3n) is 2.92. The van der Waals surface area contributed by atoms with Crippen LogP contribution in [0.1, 0.15) is 11.1 Å². The van der Waals surface area contributed by atoms with Crippen LogP contribution in [0.3, 0.4) is 0 Å². The Balaban J connectivity index is 1.89. The molecule has 0 spiro atoms. The van der Waals surface area contributed by atoms with E-state index in [1.807, 2.05) is 23.5 Å². The van der Waals surface area contributed by atoms with Crippen LogP contribution in [0.5, 0.6) is 0 Å². The van der Waals surface area contributed by atoms with Crippen molar-refractivity contribution >= 4 is 23.5 Å². The van der Waals surface area contributed by atoms with E-state index in [0.717, 1.165) is 35.9 Å². The van der Waals surface area contributed by atoms with E-state index in [-0.39, 0.29) is 0 Å². The summed E-state index contributed by atoms with van der Waals surface area (Å²) in [6.45, 7) is 1.08. The van der Waals surface area contributed by atoms with Crippen molar-refractivity contribution in [2.24, 2.45) is 0 Å². The van der Waals surface area contributed by atoms with E-state index in [1.54, 1.807) is 0 Å². The lowest BCUT2D eigenvalue weighted by molar-refractivity contribution is -0.140. The molecule has 0 radical (unpaired) electrons. The Morgan fingerprint density at radius 3 is 2.70 bits per heavy atom. The molecule has 1 heterocycles. The Labute approximate surface area is 123 Å². The Hall–Kier alpha value is -0.400. The molecule has 1 aliphatic heterocycles. The lowest BCUT2D eigenvalue weighted by Gasteiger charge is -2.21. The van der Waals surface area contributed by atoms with E-state index in [0.29, 0.717) is 17.4 Å². The van der Waals surface area contributed by atoms with Crippen molar-refractivity contribution in [2.75, 3.05) is 23.8 Å². The fraction of sp³-hybridized carbons (Fsp3) is 0.538. The summed E-state index contributed by atoms with van der Waals surface area (Å²) in [6.07, 6.45) is -4.64. The Bertz CT molecular complexity index is 444. The molecular weight excluding hydrogens is 310 g/mol. The van der Waals surface area contributed by atoms with Crippen LogP contribution in [-0.2, 0) is 12.7 Å². The summed E-state index contributed by atoms with van der Waals surface area (Å²) in [7, 11) is 0. The lowest BCUT2D eigenvalue weighted by atomic mass is 10.1. The monoisotopic (exact) mass is 325 g/mol. The van der Waals surface area contributed by atoms with E-state index in [2.05, 4.69) is 5.32 Å². The van der Waals surface area contributed by atoms with Gasteiger partial charge in [0.15, 0.2) is 0 Å². The molecule has 1 aliphatic rings. The average Bonchev–Trinajstić information content (AvgIpc) is 2.40. The van der Waals surface area contributed by atoms with Gasteiger partial charge in [0.2, 0.25) is 0 Å². The number of nitrogens with one attached hydrogen (secondary N) is 1. The summed E-state index contributed by atoms with van der Waals surface area (Å²) in [5.41, 5.74) is -0.744. The molecule has 1 atom stereocenters. The summed E-state index contributed by atoms with van der Waals surface area (Å²) in [5.74, 6) is 2.12. The van der Waals surface area contributed by atoms with Crippen molar-refractivity contribution in [2.45, 2.75) is 18.0 Å². The van der Waals surface area contributed by atoms with Gasteiger partial charge in [-0.05, 0) is 17.7 Å². The van der Waals surface area contributed by atoms with Gasteiger partial charge in [0.1, 0.15) is 5.82 Å². The molecule has 0 aromatic heterocycles. The fourth-order valence-electron chi connectivity index (χ4n) is 1.93. The second kappa shape index (κ2) is 7.04. The summed E-state index contributed by atoms with van der Waals surface area (Å²) in [5, 5.41) is 3.64. The number of hydrogen-bond acceptors (Lipinski definition) is 3. The Morgan fingerprint density at radius 2 is 2.05 bits per heavy atom.